The smallest absolute Gasteiger partial charge is 0.216 e. The Kier molecular flexibility index (Phi) is 6.28. The number of ether oxygens (including phenoxy) is 1. The molecule has 0 radical (unpaired) electrons. The summed E-state index contributed by atoms with van der Waals surface area (Å²) in [5.74, 6) is 2.89. The third-order valence-electron chi connectivity index (χ3n) is 4.58. The van der Waals surface area contributed by atoms with E-state index in [-0.39, 0.29) is 0 Å². The molecule has 2 aromatic rings. The molecule has 1 saturated heterocycles. The van der Waals surface area contributed by atoms with Crippen molar-refractivity contribution in [2.75, 3.05) is 33.4 Å². The van der Waals surface area contributed by atoms with Crippen LogP contribution >= 0.6 is 0 Å². The third-order valence-corrected chi connectivity index (χ3v) is 4.58. The maximum Gasteiger partial charge on any atom is 0.216 e. The second-order valence-corrected chi connectivity index (χ2v) is 6.71. The number of methoxy groups -OCH3 is 1. The monoisotopic (exact) mass is 356 g/mol. The summed E-state index contributed by atoms with van der Waals surface area (Å²) in [6.45, 7) is 8.20. The highest BCUT2D eigenvalue weighted by Crippen LogP contribution is 2.21. The molecule has 1 fully saturated rings. The standard InChI is InChI=1S/C20H28N4O2/c1-4-21-20(24-10-9-16(13-24)14-25-3)23-12-19-22-11-18(26-19)17-7-5-15(2)6-8-17/h5-8,11,16H,4,9-10,12-14H2,1-3H3,(H,21,23). The molecule has 1 aromatic heterocycles. The lowest BCUT2D eigenvalue weighted by molar-refractivity contribution is 0.157. The molecule has 0 saturated carbocycles. The molecule has 1 N–H and O–H groups in total. The van der Waals surface area contributed by atoms with Crippen LogP contribution in [0.15, 0.2) is 39.9 Å². The van der Waals surface area contributed by atoms with Crippen molar-refractivity contribution in [2.24, 2.45) is 10.9 Å². The van der Waals surface area contributed by atoms with Gasteiger partial charge in [0.05, 0.1) is 12.8 Å². The van der Waals surface area contributed by atoms with Crippen molar-refractivity contribution < 1.29 is 9.15 Å². The lowest BCUT2D eigenvalue weighted by Crippen LogP contribution is -2.40. The number of nitrogens with one attached hydrogen (secondary N) is 1. The van der Waals surface area contributed by atoms with Crippen molar-refractivity contribution in [3.8, 4) is 11.3 Å². The van der Waals surface area contributed by atoms with Crippen molar-refractivity contribution in [1.29, 1.82) is 0 Å². The van der Waals surface area contributed by atoms with Crippen LogP contribution in [-0.4, -0.2) is 49.2 Å². The minimum absolute atomic E-state index is 0.430. The molecule has 1 aliphatic rings. The van der Waals surface area contributed by atoms with E-state index in [1.807, 2.05) is 12.1 Å². The number of oxazole rings is 1. The molecule has 0 spiro atoms. The number of hydrogen-bond acceptors (Lipinski definition) is 4. The Morgan fingerprint density at radius 3 is 2.92 bits per heavy atom. The Hall–Kier alpha value is -2.34. The van der Waals surface area contributed by atoms with Gasteiger partial charge >= 0.3 is 0 Å². The largest absolute Gasteiger partial charge is 0.439 e. The summed E-state index contributed by atoms with van der Waals surface area (Å²) in [6, 6.07) is 8.24. The number of likely N-dealkylation sites (tertiary alicyclic amines) is 1. The first-order valence-corrected chi connectivity index (χ1v) is 9.23. The van der Waals surface area contributed by atoms with Crippen LogP contribution in [0.25, 0.3) is 11.3 Å². The number of aromatic nitrogens is 1. The normalized spacial score (nSPS) is 17.7. The molecular weight excluding hydrogens is 328 g/mol. The van der Waals surface area contributed by atoms with Gasteiger partial charge in [0, 0.05) is 38.2 Å². The van der Waals surface area contributed by atoms with Gasteiger partial charge < -0.3 is 19.4 Å². The van der Waals surface area contributed by atoms with Crippen molar-refractivity contribution in [1.82, 2.24) is 15.2 Å². The number of rotatable bonds is 6. The zero-order chi connectivity index (χ0) is 18.4. The van der Waals surface area contributed by atoms with Gasteiger partial charge in [-0.1, -0.05) is 29.8 Å². The number of benzene rings is 1. The first-order valence-electron chi connectivity index (χ1n) is 9.23. The van der Waals surface area contributed by atoms with Gasteiger partial charge in [-0.15, -0.1) is 0 Å². The molecule has 6 heteroatoms. The first-order chi connectivity index (χ1) is 12.7. The quantitative estimate of drug-likeness (QED) is 0.637. The van der Waals surface area contributed by atoms with Gasteiger partial charge in [0.1, 0.15) is 6.54 Å². The van der Waals surface area contributed by atoms with Crippen molar-refractivity contribution in [3.63, 3.8) is 0 Å². The molecule has 1 aromatic carbocycles. The first kappa shape index (κ1) is 18.5. The fourth-order valence-corrected chi connectivity index (χ4v) is 3.20. The minimum atomic E-state index is 0.430. The summed E-state index contributed by atoms with van der Waals surface area (Å²) in [5, 5.41) is 3.37. The molecule has 0 amide bonds. The van der Waals surface area contributed by atoms with Crippen LogP contribution in [-0.2, 0) is 11.3 Å². The molecule has 0 aliphatic carbocycles. The number of hydrogen-bond donors (Lipinski definition) is 1. The molecule has 140 valence electrons. The number of guanidine groups is 1. The topological polar surface area (TPSA) is 62.9 Å². The van der Waals surface area contributed by atoms with Crippen LogP contribution in [0, 0.1) is 12.8 Å². The molecule has 0 bridgehead atoms. The second kappa shape index (κ2) is 8.85. The van der Waals surface area contributed by atoms with E-state index in [9.17, 15) is 0 Å². The Morgan fingerprint density at radius 1 is 1.38 bits per heavy atom. The van der Waals surface area contributed by atoms with E-state index in [1.165, 1.54) is 5.56 Å². The number of nitrogens with zero attached hydrogens (tertiary/aromatic N) is 3. The minimum Gasteiger partial charge on any atom is -0.439 e. The van der Waals surface area contributed by atoms with Crippen molar-refractivity contribution in [3.05, 3.63) is 41.9 Å². The second-order valence-electron chi connectivity index (χ2n) is 6.71. The average Bonchev–Trinajstić information content (AvgIpc) is 3.29. The molecule has 2 heterocycles. The zero-order valence-corrected chi connectivity index (χ0v) is 15.9. The Labute approximate surface area is 155 Å². The third kappa shape index (κ3) is 4.64. The number of aliphatic imine (C=N–C) groups is 1. The predicted molar refractivity (Wildman–Crippen MR) is 103 cm³/mol. The maximum absolute atomic E-state index is 5.88. The summed E-state index contributed by atoms with van der Waals surface area (Å²) in [4.78, 5) is 11.4. The van der Waals surface area contributed by atoms with E-state index < -0.39 is 0 Å². The fraction of sp³-hybridized carbons (Fsp3) is 0.500. The molecule has 3 rings (SSSR count). The summed E-state index contributed by atoms with van der Waals surface area (Å²) in [6.07, 6.45) is 2.90. The van der Waals surface area contributed by atoms with E-state index in [0.717, 1.165) is 49.9 Å². The van der Waals surface area contributed by atoms with E-state index >= 15 is 0 Å². The fourth-order valence-electron chi connectivity index (χ4n) is 3.20. The van der Waals surface area contributed by atoms with Crippen LogP contribution in [0.3, 0.4) is 0 Å². The molecule has 1 unspecified atom stereocenters. The van der Waals surface area contributed by atoms with Gasteiger partial charge in [-0.05, 0) is 20.3 Å². The van der Waals surface area contributed by atoms with Gasteiger partial charge in [0.2, 0.25) is 5.89 Å². The van der Waals surface area contributed by atoms with E-state index in [0.29, 0.717) is 18.4 Å². The van der Waals surface area contributed by atoms with E-state index in [4.69, 9.17) is 14.1 Å². The highest BCUT2D eigenvalue weighted by atomic mass is 16.5. The van der Waals surface area contributed by atoms with Crippen LogP contribution in [0.5, 0.6) is 0 Å². The molecular formula is C20H28N4O2. The Balaban J connectivity index is 1.65. The highest BCUT2D eigenvalue weighted by Gasteiger charge is 2.24. The van der Waals surface area contributed by atoms with E-state index in [1.54, 1.807) is 13.3 Å². The van der Waals surface area contributed by atoms with Crippen molar-refractivity contribution >= 4 is 5.96 Å². The van der Waals surface area contributed by atoms with Crippen LogP contribution < -0.4 is 5.32 Å². The van der Waals surface area contributed by atoms with Gasteiger partial charge in [0.25, 0.3) is 0 Å². The average molecular weight is 356 g/mol. The van der Waals surface area contributed by atoms with Crippen LogP contribution in [0.1, 0.15) is 24.8 Å². The lowest BCUT2D eigenvalue weighted by Gasteiger charge is -2.21. The van der Waals surface area contributed by atoms with E-state index in [2.05, 4.69) is 41.2 Å². The molecule has 1 aliphatic heterocycles. The van der Waals surface area contributed by atoms with Crippen LogP contribution in [0.4, 0.5) is 0 Å². The molecule has 26 heavy (non-hydrogen) atoms. The SMILES string of the molecule is CCNC(=NCc1ncc(-c2ccc(C)cc2)o1)N1CCC(COC)C1. The van der Waals surface area contributed by atoms with Gasteiger partial charge in [-0.25, -0.2) is 9.98 Å². The van der Waals surface area contributed by atoms with Gasteiger partial charge in [-0.2, -0.15) is 0 Å². The summed E-state index contributed by atoms with van der Waals surface area (Å²) in [7, 11) is 1.76. The summed E-state index contributed by atoms with van der Waals surface area (Å²) >= 11 is 0. The summed E-state index contributed by atoms with van der Waals surface area (Å²) in [5.41, 5.74) is 2.26. The number of aryl methyl sites for hydroxylation is 1. The maximum atomic E-state index is 5.88. The Morgan fingerprint density at radius 2 is 2.19 bits per heavy atom. The summed E-state index contributed by atoms with van der Waals surface area (Å²) < 4.78 is 11.2. The van der Waals surface area contributed by atoms with Crippen LogP contribution in [0.2, 0.25) is 0 Å². The van der Waals surface area contributed by atoms with Crippen molar-refractivity contribution in [2.45, 2.75) is 26.8 Å². The van der Waals surface area contributed by atoms with Gasteiger partial charge in [0.15, 0.2) is 11.7 Å². The van der Waals surface area contributed by atoms with Gasteiger partial charge in [-0.3, -0.25) is 0 Å². The zero-order valence-electron chi connectivity index (χ0n) is 15.9. The molecule has 1 atom stereocenters. The lowest BCUT2D eigenvalue weighted by atomic mass is 10.1. The highest BCUT2D eigenvalue weighted by molar-refractivity contribution is 5.80. The molecule has 6 nitrogen and oxygen atoms in total. The Bertz CT molecular complexity index is 724. The predicted octanol–water partition coefficient (Wildman–Crippen LogP) is 3.08.